The molecule has 1 N–H and O–H groups in total. The van der Waals surface area contributed by atoms with E-state index in [-0.39, 0.29) is 24.8 Å². The summed E-state index contributed by atoms with van der Waals surface area (Å²) >= 11 is 0. The van der Waals surface area contributed by atoms with Gasteiger partial charge in [-0.25, -0.2) is 4.79 Å². The summed E-state index contributed by atoms with van der Waals surface area (Å²) in [6.45, 7) is 0.577. The Hall–Kier alpha value is -3.80. The monoisotopic (exact) mass is 401 g/mol. The number of fused-ring (bicyclic) bond motifs is 2. The highest BCUT2D eigenvalue weighted by molar-refractivity contribution is 5.97. The molecule has 5 rings (SSSR count). The molecule has 0 saturated heterocycles. The van der Waals surface area contributed by atoms with Gasteiger partial charge in [-0.1, -0.05) is 36.4 Å². The van der Waals surface area contributed by atoms with Gasteiger partial charge in [0.25, 0.3) is 5.91 Å². The fourth-order valence-corrected chi connectivity index (χ4v) is 3.73. The summed E-state index contributed by atoms with van der Waals surface area (Å²) in [5.74, 6) is 0.823. The van der Waals surface area contributed by atoms with E-state index in [2.05, 4.69) is 5.32 Å². The lowest BCUT2D eigenvalue weighted by molar-refractivity contribution is 0.0252. The molecule has 6 heteroatoms. The van der Waals surface area contributed by atoms with Crippen molar-refractivity contribution >= 4 is 11.9 Å². The standard InChI is InChI=1S/C24H19NO5/c26-23(25-13-15-6-9-20-22(10-15)29-14-28-20)17-7-8-19-18(11-17)12-21(30-24(19)27)16-4-2-1-3-5-16/h1-11,21H,12-14H2,(H,25,26). The maximum absolute atomic E-state index is 12.7. The molecule has 2 heterocycles. The van der Waals surface area contributed by atoms with E-state index in [9.17, 15) is 9.59 Å². The van der Waals surface area contributed by atoms with Crippen molar-refractivity contribution in [3.8, 4) is 11.5 Å². The molecule has 0 spiro atoms. The Kier molecular flexibility index (Phi) is 4.59. The number of amides is 1. The summed E-state index contributed by atoms with van der Waals surface area (Å²) in [6, 6.07) is 20.3. The van der Waals surface area contributed by atoms with Crippen LogP contribution in [0.2, 0.25) is 0 Å². The summed E-state index contributed by atoms with van der Waals surface area (Å²) < 4.78 is 16.3. The minimum Gasteiger partial charge on any atom is -0.454 e. The molecule has 0 aliphatic carbocycles. The van der Waals surface area contributed by atoms with Gasteiger partial charge in [-0.2, -0.15) is 0 Å². The second kappa shape index (κ2) is 7.55. The highest BCUT2D eigenvalue weighted by atomic mass is 16.7. The zero-order valence-corrected chi connectivity index (χ0v) is 16.1. The first-order valence-electron chi connectivity index (χ1n) is 9.73. The summed E-state index contributed by atoms with van der Waals surface area (Å²) in [5.41, 5.74) is 3.69. The van der Waals surface area contributed by atoms with Crippen molar-refractivity contribution in [3.63, 3.8) is 0 Å². The van der Waals surface area contributed by atoms with E-state index in [1.807, 2.05) is 48.5 Å². The van der Waals surface area contributed by atoms with E-state index in [0.717, 1.165) is 16.7 Å². The largest absolute Gasteiger partial charge is 0.454 e. The average molecular weight is 401 g/mol. The normalized spacial score (nSPS) is 16.5. The van der Waals surface area contributed by atoms with Crippen molar-refractivity contribution < 1.29 is 23.8 Å². The lowest BCUT2D eigenvalue weighted by Crippen LogP contribution is -2.25. The third-order valence-electron chi connectivity index (χ3n) is 5.30. The van der Waals surface area contributed by atoms with Crippen molar-refractivity contribution in [2.75, 3.05) is 6.79 Å². The molecule has 2 aliphatic rings. The van der Waals surface area contributed by atoms with Crippen LogP contribution in [-0.2, 0) is 17.7 Å². The third kappa shape index (κ3) is 3.48. The quantitative estimate of drug-likeness (QED) is 0.673. The van der Waals surface area contributed by atoms with Crippen LogP contribution in [0.15, 0.2) is 66.7 Å². The predicted octanol–water partition coefficient (Wildman–Crippen LogP) is 3.80. The molecule has 6 nitrogen and oxygen atoms in total. The topological polar surface area (TPSA) is 73.9 Å². The van der Waals surface area contributed by atoms with E-state index < -0.39 is 0 Å². The van der Waals surface area contributed by atoms with Crippen LogP contribution in [0.1, 0.15) is 43.5 Å². The lowest BCUT2D eigenvalue weighted by Gasteiger charge is -2.25. The number of carbonyl (C=O) groups is 2. The van der Waals surface area contributed by atoms with Crippen LogP contribution in [0.5, 0.6) is 11.5 Å². The summed E-state index contributed by atoms with van der Waals surface area (Å²) in [7, 11) is 0. The highest BCUT2D eigenvalue weighted by Gasteiger charge is 2.28. The fraction of sp³-hybridized carbons (Fsp3) is 0.167. The van der Waals surface area contributed by atoms with Crippen LogP contribution in [0.3, 0.4) is 0 Å². The van der Waals surface area contributed by atoms with Crippen LogP contribution in [-0.4, -0.2) is 18.7 Å². The number of esters is 1. The summed E-state index contributed by atoms with van der Waals surface area (Å²) in [5, 5.41) is 2.92. The van der Waals surface area contributed by atoms with Crippen molar-refractivity contribution in [1.82, 2.24) is 5.32 Å². The van der Waals surface area contributed by atoms with Gasteiger partial charge in [-0.15, -0.1) is 0 Å². The van der Waals surface area contributed by atoms with Crippen molar-refractivity contribution in [2.45, 2.75) is 19.1 Å². The Balaban J connectivity index is 1.31. The van der Waals surface area contributed by atoms with Crippen LogP contribution in [0.4, 0.5) is 0 Å². The molecular weight excluding hydrogens is 382 g/mol. The van der Waals surface area contributed by atoms with Crippen molar-refractivity contribution in [3.05, 3.63) is 94.5 Å². The zero-order chi connectivity index (χ0) is 20.5. The number of ether oxygens (including phenoxy) is 3. The minimum absolute atomic E-state index is 0.203. The second-order valence-electron chi connectivity index (χ2n) is 7.25. The predicted molar refractivity (Wildman–Crippen MR) is 108 cm³/mol. The van der Waals surface area contributed by atoms with E-state index in [4.69, 9.17) is 14.2 Å². The molecule has 3 aromatic rings. The van der Waals surface area contributed by atoms with Gasteiger partial charge < -0.3 is 19.5 Å². The maximum atomic E-state index is 12.7. The molecule has 2 aliphatic heterocycles. The van der Waals surface area contributed by atoms with E-state index in [1.54, 1.807) is 18.2 Å². The number of hydrogen-bond donors (Lipinski definition) is 1. The van der Waals surface area contributed by atoms with E-state index in [1.165, 1.54) is 0 Å². The van der Waals surface area contributed by atoms with Gasteiger partial charge in [0.2, 0.25) is 6.79 Å². The molecule has 0 saturated carbocycles. The van der Waals surface area contributed by atoms with Crippen LogP contribution >= 0.6 is 0 Å². The van der Waals surface area contributed by atoms with Crippen LogP contribution in [0, 0.1) is 0 Å². The van der Waals surface area contributed by atoms with Gasteiger partial charge in [-0.05, 0) is 47.0 Å². The van der Waals surface area contributed by atoms with Gasteiger partial charge in [0.05, 0.1) is 5.56 Å². The number of cyclic esters (lactones) is 1. The Labute approximate surface area is 173 Å². The molecule has 0 bridgehead atoms. The zero-order valence-electron chi connectivity index (χ0n) is 16.1. The Morgan fingerprint density at radius 2 is 1.80 bits per heavy atom. The first-order chi connectivity index (χ1) is 14.7. The first kappa shape index (κ1) is 18.2. The Morgan fingerprint density at radius 3 is 2.67 bits per heavy atom. The molecule has 150 valence electrons. The smallest absolute Gasteiger partial charge is 0.339 e. The van der Waals surface area contributed by atoms with Crippen molar-refractivity contribution in [1.29, 1.82) is 0 Å². The molecule has 1 amide bonds. The fourth-order valence-electron chi connectivity index (χ4n) is 3.73. The SMILES string of the molecule is O=C(NCc1ccc2c(c1)OCO2)c1ccc2c(c1)CC(c1ccccc1)OC2=O. The maximum Gasteiger partial charge on any atom is 0.339 e. The molecule has 1 atom stereocenters. The van der Waals surface area contributed by atoms with Crippen LogP contribution in [0.25, 0.3) is 0 Å². The molecule has 1 unspecified atom stereocenters. The van der Waals surface area contributed by atoms with E-state index in [0.29, 0.717) is 35.6 Å². The molecule has 0 radical (unpaired) electrons. The second-order valence-corrected chi connectivity index (χ2v) is 7.25. The number of benzene rings is 3. The average Bonchev–Trinajstić information content (AvgIpc) is 3.25. The number of carbonyl (C=O) groups excluding carboxylic acids is 2. The van der Waals surface area contributed by atoms with Gasteiger partial charge in [0, 0.05) is 18.5 Å². The van der Waals surface area contributed by atoms with Crippen molar-refractivity contribution in [2.24, 2.45) is 0 Å². The summed E-state index contributed by atoms with van der Waals surface area (Å²) in [4.78, 5) is 25.1. The third-order valence-corrected chi connectivity index (χ3v) is 5.30. The summed E-state index contributed by atoms with van der Waals surface area (Å²) in [6.07, 6.45) is 0.187. The molecule has 0 aromatic heterocycles. The van der Waals surface area contributed by atoms with Gasteiger partial charge in [0.1, 0.15) is 6.10 Å². The van der Waals surface area contributed by atoms with Crippen LogP contribution < -0.4 is 14.8 Å². The number of rotatable bonds is 4. The lowest BCUT2D eigenvalue weighted by atomic mass is 9.93. The molecular formula is C24H19NO5. The van der Waals surface area contributed by atoms with E-state index >= 15 is 0 Å². The minimum atomic E-state index is -0.363. The molecule has 30 heavy (non-hydrogen) atoms. The number of nitrogens with one attached hydrogen (secondary N) is 1. The van der Waals surface area contributed by atoms with Gasteiger partial charge in [-0.3, -0.25) is 4.79 Å². The van der Waals surface area contributed by atoms with Gasteiger partial charge in [0.15, 0.2) is 11.5 Å². The molecule has 3 aromatic carbocycles. The highest BCUT2D eigenvalue weighted by Crippen LogP contribution is 2.33. The Bertz CT molecular complexity index is 1130. The first-order valence-corrected chi connectivity index (χ1v) is 9.73. The Morgan fingerprint density at radius 1 is 0.967 bits per heavy atom. The van der Waals surface area contributed by atoms with Gasteiger partial charge >= 0.3 is 5.97 Å². The number of hydrogen-bond acceptors (Lipinski definition) is 5. The molecule has 0 fully saturated rings.